The summed E-state index contributed by atoms with van der Waals surface area (Å²) in [4.78, 5) is 8.53. The van der Waals surface area contributed by atoms with Crippen molar-refractivity contribution < 1.29 is 0 Å². The summed E-state index contributed by atoms with van der Waals surface area (Å²) in [5.41, 5.74) is 3.50. The van der Waals surface area contributed by atoms with Crippen LogP contribution in [-0.2, 0) is 6.54 Å². The zero-order valence-electron chi connectivity index (χ0n) is 12.8. The first-order valence-corrected chi connectivity index (χ1v) is 8.13. The maximum Gasteiger partial charge on any atom is 0.135 e. The lowest BCUT2D eigenvalue weighted by molar-refractivity contribution is 1.07. The highest BCUT2D eigenvalue weighted by atomic mass is 79.9. The van der Waals surface area contributed by atoms with Crippen molar-refractivity contribution in [3.63, 3.8) is 0 Å². The minimum absolute atomic E-state index is 0.736. The van der Waals surface area contributed by atoms with Crippen LogP contribution in [0, 0.1) is 6.92 Å². The van der Waals surface area contributed by atoms with Crippen molar-refractivity contribution in [3.8, 4) is 0 Å². The van der Waals surface area contributed by atoms with Crippen molar-refractivity contribution >= 4 is 33.3 Å². The van der Waals surface area contributed by atoms with Crippen LogP contribution in [0.4, 0.5) is 17.3 Å². The fraction of sp³-hybridized carbons (Fsp3) is 0.111. The van der Waals surface area contributed by atoms with Gasteiger partial charge in [-0.05, 0) is 36.2 Å². The summed E-state index contributed by atoms with van der Waals surface area (Å²) in [5, 5.41) is 6.61. The Kier molecular flexibility index (Phi) is 4.88. The minimum atomic E-state index is 0.736. The van der Waals surface area contributed by atoms with Crippen LogP contribution in [0.5, 0.6) is 0 Å². The number of benzene rings is 2. The molecular formula is C18H17BrN4. The summed E-state index contributed by atoms with van der Waals surface area (Å²) in [6.45, 7) is 2.84. The summed E-state index contributed by atoms with van der Waals surface area (Å²) in [6.07, 6.45) is 1.56. The molecule has 5 heteroatoms. The van der Waals surface area contributed by atoms with Crippen molar-refractivity contribution in [2.24, 2.45) is 0 Å². The van der Waals surface area contributed by atoms with E-state index >= 15 is 0 Å². The molecule has 2 aromatic carbocycles. The number of hydrogen-bond acceptors (Lipinski definition) is 4. The molecule has 1 aromatic heterocycles. The number of nitrogens with one attached hydrogen (secondary N) is 2. The molecule has 0 bridgehead atoms. The van der Waals surface area contributed by atoms with Crippen LogP contribution in [0.2, 0.25) is 0 Å². The van der Waals surface area contributed by atoms with E-state index in [0.29, 0.717) is 0 Å². The average molecular weight is 369 g/mol. The third-order valence-corrected chi connectivity index (χ3v) is 3.98. The lowest BCUT2D eigenvalue weighted by Gasteiger charge is -2.10. The summed E-state index contributed by atoms with van der Waals surface area (Å²) < 4.78 is 1.02. The molecule has 116 valence electrons. The number of anilines is 3. The Morgan fingerprint density at radius 1 is 0.957 bits per heavy atom. The van der Waals surface area contributed by atoms with Crippen molar-refractivity contribution in [3.05, 3.63) is 76.5 Å². The van der Waals surface area contributed by atoms with Gasteiger partial charge in [0.25, 0.3) is 0 Å². The van der Waals surface area contributed by atoms with E-state index < -0.39 is 0 Å². The molecule has 0 fully saturated rings. The molecule has 0 aliphatic rings. The largest absolute Gasteiger partial charge is 0.366 e. The van der Waals surface area contributed by atoms with Crippen molar-refractivity contribution in [2.75, 3.05) is 10.6 Å². The van der Waals surface area contributed by atoms with Gasteiger partial charge in [-0.3, -0.25) is 0 Å². The predicted molar refractivity (Wildman–Crippen MR) is 98.0 cm³/mol. The van der Waals surface area contributed by atoms with Crippen LogP contribution in [0.1, 0.15) is 11.1 Å². The molecule has 3 aromatic rings. The maximum atomic E-state index is 4.27. The minimum Gasteiger partial charge on any atom is -0.366 e. The second-order valence-corrected chi connectivity index (χ2v) is 6.12. The average Bonchev–Trinajstić information content (AvgIpc) is 2.54. The summed E-state index contributed by atoms with van der Waals surface area (Å²) in [7, 11) is 0. The molecule has 0 spiro atoms. The molecule has 0 aliphatic heterocycles. The molecule has 0 saturated heterocycles. The molecule has 0 atom stereocenters. The Morgan fingerprint density at radius 2 is 1.78 bits per heavy atom. The van der Waals surface area contributed by atoms with E-state index in [1.165, 1.54) is 11.1 Å². The van der Waals surface area contributed by atoms with Gasteiger partial charge in [0.2, 0.25) is 0 Å². The number of halogens is 1. The van der Waals surface area contributed by atoms with Gasteiger partial charge in [-0.25, -0.2) is 9.97 Å². The molecule has 0 radical (unpaired) electrons. The lowest BCUT2D eigenvalue weighted by atomic mass is 10.1. The second-order valence-electron chi connectivity index (χ2n) is 5.20. The molecule has 0 unspecified atom stereocenters. The first kappa shape index (κ1) is 15.5. The number of aryl methyl sites for hydroxylation is 1. The van der Waals surface area contributed by atoms with E-state index in [9.17, 15) is 0 Å². The van der Waals surface area contributed by atoms with Crippen LogP contribution in [0.3, 0.4) is 0 Å². The third kappa shape index (κ3) is 4.29. The van der Waals surface area contributed by atoms with Crippen LogP contribution < -0.4 is 10.6 Å². The molecular weight excluding hydrogens is 352 g/mol. The molecule has 0 amide bonds. The molecule has 4 nitrogen and oxygen atoms in total. The molecule has 0 aliphatic carbocycles. The predicted octanol–water partition coefficient (Wildman–Crippen LogP) is 4.90. The zero-order chi connectivity index (χ0) is 16.1. The van der Waals surface area contributed by atoms with Crippen LogP contribution in [0.25, 0.3) is 0 Å². The smallest absolute Gasteiger partial charge is 0.135 e. The van der Waals surface area contributed by atoms with Gasteiger partial charge in [0, 0.05) is 22.8 Å². The Balaban J connectivity index is 1.69. The van der Waals surface area contributed by atoms with Crippen molar-refractivity contribution in [1.29, 1.82) is 0 Å². The van der Waals surface area contributed by atoms with Gasteiger partial charge >= 0.3 is 0 Å². The number of rotatable bonds is 5. The zero-order valence-corrected chi connectivity index (χ0v) is 14.3. The fourth-order valence-electron chi connectivity index (χ4n) is 2.23. The van der Waals surface area contributed by atoms with Crippen molar-refractivity contribution in [2.45, 2.75) is 13.5 Å². The SMILES string of the molecule is Cc1ccccc1CNc1cc(Nc2cccc(Br)c2)ncn1. The third-order valence-electron chi connectivity index (χ3n) is 3.49. The highest BCUT2D eigenvalue weighted by Gasteiger charge is 2.02. The second kappa shape index (κ2) is 7.24. The highest BCUT2D eigenvalue weighted by molar-refractivity contribution is 9.10. The first-order chi connectivity index (χ1) is 11.2. The van der Waals surface area contributed by atoms with E-state index in [4.69, 9.17) is 0 Å². The maximum absolute atomic E-state index is 4.27. The van der Waals surface area contributed by atoms with Crippen LogP contribution >= 0.6 is 15.9 Å². The van der Waals surface area contributed by atoms with Gasteiger partial charge in [0.05, 0.1) is 0 Å². The standard InChI is InChI=1S/C18H17BrN4/c1-13-5-2-3-6-14(13)11-20-17-10-18(22-12-21-17)23-16-8-4-7-15(19)9-16/h2-10,12H,11H2,1H3,(H2,20,21,22,23). The Morgan fingerprint density at radius 3 is 2.61 bits per heavy atom. The molecule has 1 heterocycles. The lowest BCUT2D eigenvalue weighted by Crippen LogP contribution is -2.04. The molecule has 23 heavy (non-hydrogen) atoms. The van der Waals surface area contributed by atoms with Gasteiger partial charge < -0.3 is 10.6 Å². The van der Waals surface area contributed by atoms with Gasteiger partial charge in [0.1, 0.15) is 18.0 Å². The van der Waals surface area contributed by atoms with Crippen LogP contribution in [0.15, 0.2) is 65.4 Å². The highest BCUT2D eigenvalue weighted by Crippen LogP contribution is 2.20. The Bertz CT molecular complexity index is 804. The Labute approximate surface area is 144 Å². The van der Waals surface area contributed by atoms with Crippen molar-refractivity contribution in [1.82, 2.24) is 9.97 Å². The molecule has 2 N–H and O–H groups in total. The topological polar surface area (TPSA) is 49.8 Å². The van der Waals surface area contributed by atoms with E-state index in [-0.39, 0.29) is 0 Å². The van der Waals surface area contributed by atoms with Gasteiger partial charge in [-0.1, -0.05) is 46.3 Å². The molecule has 0 saturated carbocycles. The van der Waals surface area contributed by atoms with E-state index in [2.05, 4.69) is 55.6 Å². The van der Waals surface area contributed by atoms with Gasteiger partial charge in [-0.15, -0.1) is 0 Å². The van der Waals surface area contributed by atoms with Gasteiger partial charge in [0.15, 0.2) is 0 Å². The van der Waals surface area contributed by atoms with Crippen LogP contribution in [-0.4, -0.2) is 9.97 Å². The fourth-order valence-corrected chi connectivity index (χ4v) is 2.63. The number of aromatic nitrogens is 2. The normalized spacial score (nSPS) is 10.3. The first-order valence-electron chi connectivity index (χ1n) is 7.34. The van der Waals surface area contributed by atoms with E-state index in [1.54, 1.807) is 6.33 Å². The Hall–Kier alpha value is -2.40. The quantitative estimate of drug-likeness (QED) is 0.672. The van der Waals surface area contributed by atoms with E-state index in [0.717, 1.165) is 28.3 Å². The van der Waals surface area contributed by atoms with Gasteiger partial charge in [-0.2, -0.15) is 0 Å². The summed E-state index contributed by atoms with van der Waals surface area (Å²) in [6, 6.07) is 18.2. The molecule has 3 rings (SSSR count). The van der Waals surface area contributed by atoms with E-state index in [1.807, 2.05) is 42.5 Å². The number of nitrogens with zero attached hydrogens (tertiary/aromatic N) is 2. The summed E-state index contributed by atoms with van der Waals surface area (Å²) >= 11 is 3.46. The number of hydrogen-bond donors (Lipinski definition) is 2. The summed E-state index contributed by atoms with van der Waals surface area (Å²) in [5.74, 6) is 1.55. The monoisotopic (exact) mass is 368 g/mol.